The third kappa shape index (κ3) is 6.82. The highest BCUT2D eigenvalue weighted by Crippen LogP contribution is 2.37. The fraction of sp³-hybridized carbons (Fsp3) is 0.462. The van der Waals surface area contributed by atoms with Crippen molar-refractivity contribution in [3.63, 3.8) is 0 Å². The Labute approximate surface area is 211 Å². The van der Waals surface area contributed by atoms with Gasteiger partial charge < -0.3 is 15.5 Å². The summed E-state index contributed by atoms with van der Waals surface area (Å²) in [6.07, 6.45) is -9.61. The van der Waals surface area contributed by atoms with Gasteiger partial charge in [0.15, 0.2) is 0 Å². The number of halogens is 6. The maximum absolute atomic E-state index is 13.7. The molecule has 0 aromatic heterocycles. The third-order valence-corrected chi connectivity index (χ3v) is 6.69. The van der Waals surface area contributed by atoms with Gasteiger partial charge in [0.2, 0.25) is 5.91 Å². The average Bonchev–Trinajstić information content (AvgIpc) is 2.80. The smallest absolute Gasteiger partial charge is 0.356 e. The molecular weight excluding hydrogens is 500 g/mol. The van der Waals surface area contributed by atoms with Crippen molar-refractivity contribution in [2.45, 2.75) is 51.5 Å². The lowest BCUT2D eigenvalue weighted by atomic mass is 9.82. The van der Waals surface area contributed by atoms with Crippen molar-refractivity contribution in [3.05, 3.63) is 69.8 Å². The summed E-state index contributed by atoms with van der Waals surface area (Å²) < 4.78 is 80.7. The molecule has 0 saturated carbocycles. The Hall–Kier alpha value is -3.08. The lowest BCUT2D eigenvalue weighted by Gasteiger charge is -2.48. The van der Waals surface area contributed by atoms with Gasteiger partial charge in [-0.05, 0) is 61.6 Å². The zero-order valence-electron chi connectivity index (χ0n) is 20.7. The van der Waals surface area contributed by atoms with E-state index in [2.05, 4.69) is 10.6 Å². The molecule has 1 aliphatic rings. The molecule has 0 spiro atoms. The molecule has 5 nitrogen and oxygen atoms in total. The summed E-state index contributed by atoms with van der Waals surface area (Å²) in [5.41, 5.74) is -1.87. The van der Waals surface area contributed by atoms with Crippen LogP contribution in [0.5, 0.6) is 0 Å². The first kappa shape index (κ1) is 28.5. The number of carbonyl (C=O) groups excluding carboxylic acids is 2. The van der Waals surface area contributed by atoms with Crippen LogP contribution < -0.4 is 10.6 Å². The third-order valence-electron chi connectivity index (χ3n) is 6.69. The van der Waals surface area contributed by atoms with Gasteiger partial charge in [0, 0.05) is 38.7 Å². The van der Waals surface area contributed by atoms with Gasteiger partial charge in [-0.3, -0.25) is 9.59 Å². The predicted octanol–water partition coefficient (Wildman–Crippen LogP) is 4.89. The Balaban J connectivity index is 2.09. The normalized spacial score (nSPS) is 18.6. The summed E-state index contributed by atoms with van der Waals surface area (Å²) in [6, 6.07) is 6.68. The maximum Gasteiger partial charge on any atom is 0.416 e. The van der Waals surface area contributed by atoms with E-state index in [1.54, 1.807) is 0 Å². The largest absolute Gasteiger partial charge is 0.416 e. The van der Waals surface area contributed by atoms with Gasteiger partial charge in [-0.2, -0.15) is 26.3 Å². The summed E-state index contributed by atoms with van der Waals surface area (Å²) in [5.74, 6) is -1.22. The van der Waals surface area contributed by atoms with Crippen LogP contribution in [0.15, 0.2) is 36.4 Å². The van der Waals surface area contributed by atoms with Crippen molar-refractivity contribution >= 4 is 11.8 Å². The summed E-state index contributed by atoms with van der Waals surface area (Å²) in [6.45, 7) is 5.99. The molecule has 1 atom stereocenters. The number of piperazine rings is 1. The molecule has 11 heteroatoms. The number of aryl methyl sites for hydroxylation is 2. The number of rotatable bonds is 6. The van der Waals surface area contributed by atoms with E-state index in [-0.39, 0.29) is 44.4 Å². The lowest BCUT2D eigenvalue weighted by Crippen LogP contribution is -2.65. The van der Waals surface area contributed by atoms with Crippen LogP contribution in [0.3, 0.4) is 0 Å². The number of nitrogens with one attached hydrogen (secondary N) is 2. The first-order valence-electron chi connectivity index (χ1n) is 11.8. The summed E-state index contributed by atoms with van der Waals surface area (Å²) in [4.78, 5) is 26.5. The van der Waals surface area contributed by atoms with Crippen molar-refractivity contribution in [2.24, 2.45) is 0 Å². The van der Waals surface area contributed by atoms with Gasteiger partial charge in [0.25, 0.3) is 5.91 Å². The molecule has 1 heterocycles. The first-order chi connectivity index (χ1) is 17.1. The van der Waals surface area contributed by atoms with Crippen LogP contribution in [0.25, 0.3) is 0 Å². The molecule has 1 fully saturated rings. The summed E-state index contributed by atoms with van der Waals surface area (Å²) >= 11 is 0. The Kier molecular flexibility index (Phi) is 8.26. The Bertz CT molecular complexity index is 1130. The van der Waals surface area contributed by atoms with Crippen LogP contribution in [0, 0.1) is 13.8 Å². The van der Waals surface area contributed by atoms with E-state index in [0.29, 0.717) is 18.7 Å². The van der Waals surface area contributed by atoms with Crippen LogP contribution in [0.2, 0.25) is 0 Å². The monoisotopic (exact) mass is 529 g/mol. The van der Waals surface area contributed by atoms with Gasteiger partial charge in [0.05, 0.1) is 16.7 Å². The molecular formula is C26H29F6N3O2. The molecule has 2 N–H and O–H groups in total. The Morgan fingerprint density at radius 3 is 2.14 bits per heavy atom. The second-order valence-corrected chi connectivity index (χ2v) is 9.48. The minimum Gasteiger partial charge on any atom is -0.356 e. The van der Waals surface area contributed by atoms with Gasteiger partial charge >= 0.3 is 12.4 Å². The van der Waals surface area contributed by atoms with Crippen molar-refractivity contribution in [1.29, 1.82) is 0 Å². The van der Waals surface area contributed by atoms with E-state index >= 15 is 0 Å². The van der Waals surface area contributed by atoms with Crippen LogP contribution in [0.4, 0.5) is 26.3 Å². The van der Waals surface area contributed by atoms with E-state index in [9.17, 15) is 35.9 Å². The predicted molar refractivity (Wildman–Crippen MR) is 126 cm³/mol. The van der Waals surface area contributed by atoms with Crippen molar-refractivity contribution < 1.29 is 35.9 Å². The van der Waals surface area contributed by atoms with Crippen molar-refractivity contribution in [3.8, 4) is 0 Å². The van der Waals surface area contributed by atoms with Gasteiger partial charge in [-0.1, -0.05) is 18.2 Å². The van der Waals surface area contributed by atoms with Gasteiger partial charge in [0.1, 0.15) is 0 Å². The second kappa shape index (κ2) is 10.7. The Morgan fingerprint density at radius 2 is 1.59 bits per heavy atom. The molecule has 1 saturated heterocycles. The van der Waals surface area contributed by atoms with E-state index in [1.165, 1.54) is 11.8 Å². The second-order valence-electron chi connectivity index (χ2n) is 9.48. The molecule has 37 heavy (non-hydrogen) atoms. The van der Waals surface area contributed by atoms with Crippen molar-refractivity contribution in [1.82, 2.24) is 15.5 Å². The summed E-state index contributed by atoms with van der Waals surface area (Å²) in [7, 11) is 0. The fourth-order valence-corrected chi connectivity index (χ4v) is 4.63. The number of nitrogens with zero attached hydrogens (tertiary/aromatic N) is 1. The lowest BCUT2D eigenvalue weighted by molar-refractivity contribution is -0.143. The Morgan fingerprint density at radius 1 is 0.973 bits per heavy atom. The number of alkyl halides is 6. The average molecular weight is 530 g/mol. The molecule has 2 aromatic carbocycles. The van der Waals surface area contributed by atoms with Crippen LogP contribution in [-0.4, -0.2) is 48.4 Å². The molecule has 0 aliphatic carbocycles. The quantitative estimate of drug-likeness (QED) is 0.524. The molecule has 2 amide bonds. The minimum atomic E-state index is -5.07. The number of hydrogen-bond acceptors (Lipinski definition) is 3. The van der Waals surface area contributed by atoms with E-state index in [0.717, 1.165) is 16.7 Å². The molecule has 1 aliphatic heterocycles. The van der Waals surface area contributed by atoms with E-state index in [1.807, 2.05) is 32.0 Å². The SMILES string of the molecule is CC(=O)NCCC1(Cc2ccc(C)c(C)c2)CNCCN1C(=O)c1cc(C(F)(F)F)cc(C(F)(F)F)c1. The van der Waals surface area contributed by atoms with Crippen molar-refractivity contribution in [2.75, 3.05) is 26.2 Å². The zero-order valence-corrected chi connectivity index (χ0v) is 20.7. The molecule has 202 valence electrons. The first-order valence-corrected chi connectivity index (χ1v) is 11.8. The van der Waals surface area contributed by atoms with Gasteiger partial charge in [-0.25, -0.2) is 0 Å². The number of amides is 2. The molecule has 1 unspecified atom stereocenters. The topological polar surface area (TPSA) is 61.4 Å². The fourth-order valence-electron chi connectivity index (χ4n) is 4.63. The molecule has 3 rings (SSSR count). The number of carbonyl (C=O) groups is 2. The highest BCUT2D eigenvalue weighted by molar-refractivity contribution is 5.95. The van der Waals surface area contributed by atoms with Crippen LogP contribution in [0.1, 0.15) is 51.5 Å². The van der Waals surface area contributed by atoms with Gasteiger partial charge in [-0.15, -0.1) is 0 Å². The standard InChI is InChI=1S/C26H29F6N3O2/c1-16-4-5-19(10-17(16)2)14-24(6-7-34-18(3)36)15-33-8-9-35(24)23(37)20-11-21(25(27,28)29)13-22(12-20)26(30,31)32/h4-5,10-13,33H,6-9,14-15H2,1-3H3,(H,34,36). The molecule has 2 aromatic rings. The highest BCUT2D eigenvalue weighted by Gasteiger charge is 2.43. The zero-order chi connectivity index (χ0) is 27.6. The summed E-state index contributed by atoms with van der Waals surface area (Å²) in [5, 5.41) is 5.88. The maximum atomic E-state index is 13.7. The van der Waals surface area contributed by atoms with Crippen LogP contribution >= 0.6 is 0 Å². The molecule has 0 bridgehead atoms. The van der Waals surface area contributed by atoms with Crippen LogP contribution in [-0.2, 0) is 23.6 Å². The molecule has 0 radical (unpaired) electrons. The highest BCUT2D eigenvalue weighted by atomic mass is 19.4. The number of benzene rings is 2. The minimum absolute atomic E-state index is 0.00759. The van der Waals surface area contributed by atoms with E-state index in [4.69, 9.17) is 0 Å². The van der Waals surface area contributed by atoms with E-state index < -0.39 is 40.5 Å². The number of hydrogen-bond donors (Lipinski definition) is 2.